The molecule has 1 heterocycles. The lowest BCUT2D eigenvalue weighted by molar-refractivity contribution is -0.149. The van der Waals surface area contributed by atoms with Crippen molar-refractivity contribution in [1.29, 1.82) is 0 Å². The molecule has 1 atom stereocenters. The van der Waals surface area contributed by atoms with E-state index in [1.165, 1.54) is 0 Å². The molecule has 0 bridgehead atoms. The normalized spacial score (nSPS) is 16.1. The molecule has 0 radical (unpaired) electrons. The van der Waals surface area contributed by atoms with Crippen molar-refractivity contribution in [3.8, 4) is 11.1 Å². The maximum atomic E-state index is 12.5. The van der Waals surface area contributed by atoms with Gasteiger partial charge in [0.05, 0.1) is 12.5 Å². The van der Waals surface area contributed by atoms with Gasteiger partial charge in [0.2, 0.25) is 0 Å². The number of amides is 1. The molecule has 200 valence electrons. The van der Waals surface area contributed by atoms with Crippen LogP contribution in [0.1, 0.15) is 49.7 Å². The van der Waals surface area contributed by atoms with E-state index in [1.807, 2.05) is 43.3 Å². The van der Waals surface area contributed by atoms with Crippen molar-refractivity contribution in [2.45, 2.75) is 44.6 Å². The molecular formula is C28H35ClN2O6. The molecule has 8 nitrogen and oxygen atoms in total. The predicted molar refractivity (Wildman–Crippen MR) is 142 cm³/mol. The van der Waals surface area contributed by atoms with Gasteiger partial charge in [-0.1, -0.05) is 48.5 Å². The molecule has 1 aliphatic carbocycles. The van der Waals surface area contributed by atoms with Crippen molar-refractivity contribution >= 4 is 30.4 Å². The fourth-order valence-electron chi connectivity index (χ4n) is 5.21. The van der Waals surface area contributed by atoms with Gasteiger partial charge in [-0.25, -0.2) is 9.59 Å². The number of alkyl carbamates (subject to hydrolysis) is 1. The molecule has 0 aromatic heterocycles. The van der Waals surface area contributed by atoms with Crippen LogP contribution in [0.4, 0.5) is 4.79 Å². The number of likely N-dealkylation sites (tertiary alicyclic amines) is 1. The largest absolute Gasteiger partial charge is 0.480 e. The molecule has 0 unspecified atom stereocenters. The van der Waals surface area contributed by atoms with Gasteiger partial charge in [-0.15, -0.1) is 12.4 Å². The fourth-order valence-corrected chi connectivity index (χ4v) is 5.21. The van der Waals surface area contributed by atoms with Crippen LogP contribution in [0.15, 0.2) is 48.5 Å². The Morgan fingerprint density at radius 3 is 2.16 bits per heavy atom. The molecule has 4 rings (SSSR count). The number of hydrogen-bond donors (Lipinski definition) is 2. The second-order valence-corrected chi connectivity index (χ2v) is 9.37. The van der Waals surface area contributed by atoms with Crippen LogP contribution in [0, 0.1) is 5.92 Å². The summed E-state index contributed by atoms with van der Waals surface area (Å²) in [5.41, 5.74) is 4.48. The fraction of sp³-hybridized carbons (Fsp3) is 0.464. The number of carboxylic acids is 1. The number of halogens is 1. The first-order valence-electron chi connectivity index (χ1n) is 12.7. The van der Waals surface area contributed by atoms with Gasteiger partial charge in [0.25, 0.3) is 0 Å². The third-order valence-electron chi connectivity index (χ3n) is 7.11. The predicted octanol–water partition coefficient (Wildman–Crippen LogP) is 4.46. The van der Waals surface area contributed by atoms with Gasteiger partial charge in [-0.05, 0) is 74.5 Å². The van der Waals surface area contributed by atoms with E-state index in [2.05, 4.69) is 22.3 Å². The average Bonchev–Trinajstić information content (AvgIpc) is 3.21. The van der Waals surface area contributed by atoms with E-state index in [0.717, 1.165) is 48.2 Å². The first-order valence-corrected chi connectivity index (χ1v) is 12.7. The minimum absolute atomic E-state index is 0. The molecule has 2 aromatic carbocycles. The zero-order valence-electron chi connectivity index (χ0n) is 21.1. The Kier molecular flexibility index (Phi) is 10.3. The number of nitrogens with one attached hydrogen (secondary N) is 1. The van der Waals surface area contributed by atoms with E-state index < -0.39 is 18.1 Å². The van der Waals surface area contributed by atoms with Crippen LogP contribution >= 0.6 is 12.4 Å². The third kappa shape index (κ3) is 7.02. The van der Waals surface area contributed by atoms with Gasteiger partial charge in [0.15, 0.2) is 0 Å². The standard InChI is InChI=1S/C28H34N2O6.ClH/c1-2-35-27(33)19-13-16-30(17-14-19)15-7-12-25(26(31)32)29-28(34)36-18-24-22-10-5-3-8-20(22)21-9-4-6-11-23(21)24;/h3-6,8-11,19,24-25H,2,7,12-18H2,1H3,(H,29,34)(H,31,32);1H/t25-;/m0./s1. The Hall–Kier alpha value is -3.10. The summed E-state index contributed by atoms with van der Waals surface area (Å²) in [6.45, 7) is 4.62. The maximum absolute atomic E-state index is 12.5. The van der Waals surface area contributed by atoms with E-state index in [-0.39, 0.29) is 36.8 Å². The van der Waals surface area contributed by atoms with Gasteiger partial charge in [0, 0.05) is 5.92 Å². The number of piperidine rings is 1. The smallest absolute Gasteiger partial charge is 0.407 e. The highest BCUT2D eigenvalue weighted by atomic mass is 35.5. The van der Waals surface area contributed by atoms with Crippen molar-refractivity contribution in [3.63, 3.8) is 0 Å². The Bertz CT molecular complexity index is 1040. The monoisotopic (exact) mass is 530 g/mol. The zero-order chi connectivity index (χ0) is 25.5. The highest BCUT2D eigenvalue weighted by Gasteiger charge is 2.30. The lowest BCUT2D eigenvalue weighted by Crippen LogP contribution is -2.42. The zero-order valence-corrected chi connectivity index (χ0v) is 21.9. The SMILES string of the molecule is CCOC(=O)C1CCN(CCC[C@H](NC(=O)OCC2c3ccccc3-c3ccccc32)C(=O)O)CC1.Cl. The number of carbonyl (C=O) groups excluding carboxylic acids is 2. The second kappa shape index (κ2) is 13.4. The van der Waals surface area contributed by atoms with Crippen LogP contribution in [-0.2, 0) is 19.1 Å². The number of nitrogens with zero attached hydrogens (tertiary/aromatic N) is 1. The molecule has 2 N–H and O–H groups in total. The summed E-state index contributed by atoms with van der Waals surface area (Å²) in [4.78, 5) is 38.4. The van der Waals surface area contributed by atoms with Crippen molar-refractivity contribution in [2.24, 2.45) is 5.92 Å². The molecule has 0 spiro atoms. The molecule has 9 heteroatoms. The van der Waals surface area contributed by atoms with Gasteiger partial charge in [0.1, 0.15) is 12.6 Å². The van der Waals surface area contributed by atoms with E-state index in [9.17, 15) is 19.5 Å². The maximum Gasteiger partial charge on any atom is 0.407 e. The number of esters is 1. The van der Waals surface area contributed by atoms with Crippen LogP contribution in [0.25, 0.3) is 11.1 Å². The first kappa shape index (κ1) is 28.5. The van der Waals surface area contributed by atoms with Crippen molar-refractivity contribution < 1.29 is 29.0 Å². The Labute approximate surface area is 223 Å². The Morgan fingerprint density at radius 1 is 1.00 bits per heavy atom. The van der Waals surface area contributed by atoms with Crippen molar-refractivity contribution in [2.75, 3.05) is 32.8 Å². The Morgan fingerprint density at radius 2 is 1.59 bits per heavy atom. The summed E-state index contributed by atoms with van der Waals surface area (Å²) in [6, 6.07) is 15.1. The van der Waals surface area contributed by atoms with Crippen molar-refractivity contribution in [3.05, 3.63) is 59.7 Å². The highest BCUT2D eigenvalue weighted by molar-refractivity contribution is 5.85. The number of carbonyl (C=O) groups is 3. The topological polar surface area (TPSA) is 105 Å². The van der Waals surface area contributed by atoms with E-state index in [1.54, 1.807) is 0 Å². The van der Waals surface area contributed by atoms with Crippen molar-refractivity contribution in [1.82, 2.24) is 10.2 Å². The molecule has 0 saturated carbocycles. The number of ether oxygens (including phenoxy) is 2. The molecule has 1 aliphatic heterocycles. The van der Waals surface area contributed by atoms with Crippen LogP contribution in [0.5, 0.6) is 0 Å². The summed E-state index contributed by atoms with van der Waals surface area (Å²) in [5.74, 6) is -1.34. The van der Waals surface area contributed by atoms with Crippen LogP contribution in [0.3, 0.4) is 0 Å². The molecule has 37 heavy (non-hydrogen) atoms. The lowest BCUT2D eigenvalue weighted by atomic mass is 9.97. The molecular weight excluding hydrogens is 496 g/mol. The van der Waals surface area contributed by atoms with Crippen LogP contribution < -0.4 is 5.32 Å². The summed E-state index contributed by atoms with van der Waals surface area (Å²) in [5, 5.41) is 12.1. The number of carboxylic acid groups (broad SMARTS) is 1. The van der Waals surface area contributed by atoms with Gasteiger partial charge < -0.3 is 24.8 Å². The first-order chi connectivity index (χ1) is 17.5. The van der Waals surface area contributed by atoms with E-state index in [0.29, 0.717) is 26.0 Å². The minimum Gasteiger partial charge on any atom is -0.480 e. The molecule has 2 aliphatic rings. The molecule has 1 amide bonds. The summed E-state index contributed by atoms with van der Waals surface area (Å²) in [7, 11) is 0. The number of fused-ring (bicyclic) bond motifs is 3. The second-order valence-electron chi connectivity index (χ2n) is 9.37. The van der Waals surface area contributed by atoms with Crippen LogP contribution in [0.2, 0.25) is 0 Å². The van der Waals surface area contributed by atoms with Gasteiger partial charge in [-0.3, -0.25) is 4.79 Å². The summed E-state index contributed by atoms with van der Waals surface area (Å²) >= 11 is 0. The number of hydrogen-bond acceptors (Lipinski definition) is 6. The van der Waals surface area contributed by atoms with Gasteiger partial charge >= 0.3 is 18.0 Å². The quantitative estimate of drug-likeness (QED) is 0.437. The van der Waals surface area contributed by atoms with E-state index in [4.69, 9.17) is 9.47 Å². The highest BCUT2D eigenvalue weighted by Crippen LogP contribution is 2.44. The average molecular weight is 531 g/mol. The number of benzene rings is 2. The number of rotatable bonds is 10. The number of aliphatic carboxylic acids is 1. The van der Waals surface area contributed by atoms with Gasteiger partial charge in [-0.2, -0.15) is 0 Å². The molecule has 2 aromatic rings. The molecule has 1 fully saturated rings. The third-order valence-corrected chi connectivity index (χ3v) is 7.11. The summed E-state index contributed by atoms with van der Waals surface area (Å²) < 4.78 is 10.6. The lowest BCUT2D eigenvalue weighted by Gasteiger charge is -2.31. The summed E-state index contributed by atoms with van der Waals surface area (Å²) in [6.07, 6.45) is 1.69. The van der Waals surface area contributed by atoms with E-state index >= 15 is 0 Å². The minimum atomic E-state index is -1.08. The molecule has 1 saturated heterocycles. The van der Waals surface area contributed by atoms with Crippen LogP contribution in [-0.4, -0.2) is 66.9 Å². The Balaban J connectivity index is 0.00000380.